The number of nitrogens with zero attached hydrogens (tertiary/aromatic N) is 3. The van der Waals surface area contributed by atoms with Crippen molar-refractivity contribution < 1.29 is 4.74 Å². The number of aliphatic imine (C=N–C) groups is 1. The van der Waals surface area contributed by atoms with E-state index in [4.69, 9.17) is 4.74 Å². The molecule has 1 N–H and O–H groups in total. The lowest BCUT2D eigenvalue weighted by Crippen LogP contribution is -2.17. The summed E-state index contributed by atoms with van der Waals surface area (Å²) in [5.74, 6) is 0. The van der Waals surface area contributed by atoms with Crippen molar-refractivity contribution in [3.05, 3.63) is 70.5 Å². The lowest BCUT2D eigenvalue weighted by molar-refractivity contribution is 0.208. The Morgan fingerprint density at radius 2 is 1.96 bits per heavy atom. The molecular formula is C20H18N4O2S. The largest absolute Gasteiger partial charge is 0.383 e. The Hall–Kier alpha value is -3.03. The molecule has 0 bridgehead atoms. The van der Waals surface area contributed by atoms with Gasteiger partial charge >= 0.3 is 0 Å². The first-order chi connectivity index (χ1) is 13.3. The minimum Gasteiger partial charge on any atom is -0.383 e. The SMILES string of the molecule is COCCN=Cc1c(-c2ccccc2)[nH]n(-c2nc3ccccc3s2)c1=O. The van der Waals surface area contributed by atoms with Gasteiger partial charge in [0.1, 0.15) is 0 Å². The Labute approximate surface area is 159 Å². The number of rotatable bonds is 6. The van der Waals surface area contributed by atoms with Crippen molar-refractivity contribution in [3.8, 4) is 16.4 Å². The van der Waals surface area contributed by atoms with Crippen LogP contribution in [0.1, 0.15) is 5.56 Å². The van der Waals surface area contributed by atoms with Crippen LogP contribution in [0.25, 0.3) is 26.6 Å². The summed E-state index contributed by atoms with van der Waals surface area (Å²) in [5.41, 5.74) is 2.85. The Balaban J connectivity index is 1.84. The van der Waals surface area contributed by atoms with Crippen molar-refractivity contribution in [2.45, 2.75) is 0 Å². The van der Waals surface area contributed by atoms with Gasteiger partial charge in [0, 0.05) is 18.9 Å². The zero-order valence-electron chi connectivity index (χ0n) is 14.8. The zero-order valence-corrected chi connectivity index (χ0v) is 15.6. The Bertz CT molecular complexity index is 1110. The topological polar surface area (TPSA) is 72.3 Å². The smallest absolute Gasteiger partial charge is 0.282 e. The molecule has 4 rings (SSSR count). The highest BCUT2D eigenvalue weighted by atomic mass is 32.1. The summed E-state index contributed by atoms with van der Waals surface area (Å²) in [6.07, 6.45) is 1.62. The first-order valence-corrected chi connectivity index (χ1v) is 9.34. The molecule has 0 saturated heterocycles. The average molecular weight is 378 g/mol. The quantitative estimate of drug-likeness (QED) is 0.412. The van der Waals surface area contributed by atoms with Gasteiger partial charge < -0.3 is 4.74 Å². The molecule has 4 aromatic rings. The molecule has 2 aromatic carbocycles. The minimum atomic E-state index is -0.172. The molecule has 136 valence electrons. The molecule has 2 heterocycles. The van der Waals surface area contributed by atoms with Crippen molar-refractivity contribution in [3.63, 3.8) is 0 Å². The number of fused-ring (bicyclic) bond motifs is 1. The van der Waals surface area contributed by atoms with Crippen molar-refractivity contribution in [1.29, 1.82) is 0 Å². The highest BCUT2D eigenvalue weighted by Gasteiger charge is 2.17. The lowest BCUT2D eigenvalue weighted by Gasteiger charge is -1.99. The third kappa shape index (κ3) is 3.47. The maximum atomic E-state index is 13.1. The Morgan fingerprint density at radius 3 is 2.74 bits per heavy atom. The van der Waals surface area contributed by atoms with Crippen LogP contribution in [0.3, 0.4) is 0 Å². The molecule has 0 atom stereocenters. The Morgan fingerprint density at radius 1 is 1.19 bits per heavy atom. The third-order valence-corrected chi connectivity index (χ3v) is 5.13. The fraction of sp³-hybridized carbons (Fsp3) is 0.150. The van der Waals surface area contributed by atoms with Gasteiger partial charge in [-0.1, -0.05) is 53.8 Å². The van der Waals surface area contributed by atoms with E-state index in [1.165, 1.54) is 16.0 Å². The number of ether oxygens (including phenoxy) is 1. The van der Waals surface area contributed by atoms with Gasteiger partial charge in [0.2, 0.25) is 5.13 Å². The van der Waals surface area contributed by atoms with Gasteiger partial charge in [0.15, 0.2) is 0 Å². The summed E-state index contributed by atoms with van der Waals surface area (Å²) in [5, 5.41) is 3.82. The van der Waals surface area contributed by atoms with Gasteiger partial charge in [0.05, 0.1) is 34.6 Å². The van der Waals surface area contributed by atoms with Gasteiger partial charge in [-0.25, -0.2) is 4.98 Å². The van der Waals surface area contributed by atoms with Gasteiger partial charge in [-0.15, -0.1) is 0 Å². The fourth-order valence-electron chi connectivity index (χ4n) is 2.79. The van der Waals surface area contributed by atoms with E-state index in [0.717, 1.165) is 21.5 Å². The highest BCUT2D eigenvalue weighted by Crippen LogP contribution is 2.25. The second-order valence-electron chi connectivity index (χ2n) is 5.90. The number of aromatic nitrogens is 3. The van der Waals surface area contributed by atoms with E-state index in [2.05, 4.69) is 15.1 Å². The summed E-state index contributed by atoms with van der Waals surface area (Å²) in [7, 11) is 1.63. The van der Waals surface area contributed by atoms with Gasteiger partial charge in [0.25, 0.3) is 5.56 Å². The summed E-state index contributed by atoms with van der Waals surface area (Å²) in [6.45, 7) is 1.00. The summed E-state index contributed by atoms with van der Waals surface area (Å²) in [6, 6.07) is 17.6. The maximum Gasteiger partial charge on any atom is 0.282 e. The van der Waals surface area contributed by atoms with E-state index >= 15 is 0 Å². The van der Waals surface area contributed by atoms with Gasteiger partial charge in [-0.3, -0.25) is 14.9 Å². The van der Waals surface area contributed by atoms with E-state index in [9.17, 15) is 4.79 Å². The molecule has 0 fully saturated rings. The first kappa shape index (κ1) is 17.4. The molecular weight excluding hydrogens is 360 g/mol. The molecule has 27 heavy (non-hydrogen) atoms. The van der Waals surface area contributed by atoms with Crippen LogP contribution in [0.4, 0.5) is 0 Å². The molecule has 0 spiro atoms. The first-order valence-electron chi connectivity index (χ1n) is 8.53. The summed E-state index contributed by atoms with van der Waals surface area (Å²) >= 11 is 1.47. The van der Waals surface area contributed by atoms with Crippen LogP contribution >= 0.6 is 11.3 Å². The number of hydrogen-bond acceptors (Lipinski definition) is 5. The number of thiazole rings is 1. The van der Waals surface area contributed by atoms with Crippen molar-refractivity contribution in [2.24, 2.45) is 4.99 Å². The van der Waals surface area contributed by atoms with E-state index < -0.39 is 0 Å². The molecule has 6 nitrogen and oxygen atoms in total. The second kappa shape index (κ2) is 7.69. The molecule has 0 amide bonds. The van der Waals surface area contributed by atoms with Gasteiger partial charge in [-0.05, 0) is 12.1 Å². The predicted molar refractivity (Wildman–Crippen MR) is 109 cm³/mol. The van der Waals surface area contributed by atoms with Crippen LogP contribution in [0.5, 0.6) is 0 Å². The van der Waals surface area contributed by atoms with E-state index in [-0.39, 0.29) is 5.56 Å². The van der Waals surface area contributed by atoms with Crippen LogP contribution in [-0.2, 0) is 4.74 Å². The molecule has 0 aliphatic carbocycles. The highest BCUT2D eigenvalue weighted by molar-refractivity contribution is 7.20. The van der Waals surface area contributed by atoms with Crippen molar-refractivity contribution in [1.82, 2.24) is 14.8 Å². The standard InChI is InChI=1S/C20H18N4O2S/c1-26-12-11-21-13-15-18(14-7-3-2-4-8-14)23-24(19(15)25)20-22-16-9-5-6-10-17(16)27-20/h2-10,13,23H,11-12H2,1H3. The second-order valence-corrected chi connectivity index (χ2v) is 6.91. The van der Waals surface area contributed by atoms with Crippen LogP contribution in [0.2, 0.25) is 0 Å². The van der Waals surface area contributed by atoms with E-state index in [1.807, 2.05) is 54.6 Å². The third-order valence-electron chi connectivity index (χ3n) is 4.11. The molecule has 0 saturated carbocycles. The number of H-pyrrole nitrogens is 1. The zero-order chi connectivity index (χ0) is 18.6. The number of hydrogen-bond donors (Lipinski definition) is 1. The maximum absolute atomic E-state index is 13.1. The van der Waals surface area contributed by atoms with E-state index in [1.54, 1.807) is 13.3 Å². The Kier molecular flexibility index (Phi) is 4.95. The fourth-order valence-corrected chi connectivity index (χ4v) is 3.71. The summed E-state index contributed by atoms with van der Waals surface area (Å²) < 4.78 is 7.54. The molecule has 7 heteroatoms. The molecule has 0 aliphatic rings. The lowest BCUT2D eigenvalue weighted by atomic mass is 10.1. The van der Waals surface area contributed by atoms with Crippen LogP contribution < -0.4 is 5.56 Å². The van der Waals surface area contributed by atoms with Gasteiger partial charge in [-0.2, -0.15) is 4.68 Å². The minimum absolute atomic E-state index is 0.172. The number of aromatic amines is 1. The molecule has 0 unspecified atom stereocenters. The van der Waals surface area contributed by atoms with Crippen LogP contribution in [-0.4, -0.2) is 41.2 Å². The summed E-state index contributed by atoms with van der Waals surface area (Å²) in [4.78, 5) is 22.0. The molecule has 0 radical (unpaired) electrons. The monoisotopic (exact) mass is 378 g/mol. The number of para-hydroxylation sites is 1. The molecule has 0 aliphatic heterocycles. The number of nitrogens with one attached hydrogen (secondary N) is 1. The van der Waals surface area contributed by atoms with Crippen molar-refractivity contribution in [2.75, 3.05) is 20.3 Å². The normalized spacial score (nSPS) is 11.6. The van der Waals surface area contributed by atoms with Crippen LogP contribution in [0.15, 0.2) is 64.4 Å². The average Bonchev–Trinajstić information content (AvgIpc) is 3.27. The van der Waals surface area contributed by atoms with Crippen LogP contribution in [0, 0.1) is 0 Å². The van der Waals surface area contributed by atoms with E-state index in [0.29, 0.717) is 23.8 Å². The molecule has 2 aromatic heterocycles. The number of methoxy groups -OCH3 is 1. The predicted octanol–water partition coefficient (Wildman–Crippen LogP) is 3.51. The van der Waals surface area contributed by atoms with Crippen molar-refractivity contribution >= 4 is 27.8 Å². The number of benzene rings is 2.